The van der Waals surface area contributed by atoms with Crippen molar-refractivity contribution in [1.82, 2.24) is 14.8 Å². The van der Waals surface area contributed by atoms with Crippen molar-refractivity contribution >= 4 is 16.8 Å². The van der Waals surface area contributed by atoms with E-state index in [0.29, 0.717) is 26.2 Å². The number of rotatable bonds is 4. The summed E-state index contributed by atoms with van der Waals surface area (Å²) >= 11 is 0. The van der Waals surface area contributed by atoms with E-state index in [0.717, 1.165) is 0 Å². The Kier molecular flexibility index (Phi) is 5.75. The highest BCUT2D eigenvalue weighted by Gasteiger charge is 2.29. The van der Waals surface area contributed by atoms with Crippen molar-refractivity contribution in [2.75, 3.05) is 26.2 Å². The fraction of sp³-hybridized carbons (Fsp3) is 0.185. The minimum Gasteiger partial charge on any atom is -0.358 e. The zero-order chi connectivity index (χ0) is 22.8. The smallest absolute Gasteiger partial charge is 0.259 e. The Labute approximate surface area is 191 Å². The summed E-state index contributed by atoms with van der Waals surface area (Å²) in [6.45, 7) is 2.38. The van der Waals surface area contributed by atoms with E-state index in [2.05, 4.69) is 34.1 Å². The predicted octanol–water partition coefficient (Wildman–Crippen LogP) is 4.21. The third-order valence-corrected chi connectivity index (χ3v) is 6.29. The van der Waals surface area contributed by atoms with Gasteiger partial charge in [0.15, 0.2) is 0 Å². The van der Waals surface area contributed by atoms with Crippen molar-refractivity contribution in [3.8, 4) is 0 Å². The second-order valence-corrected chi connectivity index (χ2v) is 8.25. The number of hydrogen-bond acceptors (Lipinski definition) is 3. The minimum atomic E-state index is -0.509. The third kappa shape index (κ3) is 4.05. The highest BCUT2D eigenvalue weighted by molar-refractivity contribution is 5.97. The molecule has 1 fully saturated rings. The van der Waals surface area contributed by atoms with Crippen LogP contribution in [-0.4, -0.2) is 46.9 Å². The Balaban J connectivity index is 1.37. The van der Waals surface area contributed by atoms with Crippen LogP contribution in [0, 0.1) is 5.82 Å². The molecule has 1 amide bonds. The third-order valence-electron chi connectivity index (χ3n) is 6.29. The first-order valence-electron chi connectivity index (χ1n) is 11.1. The van der Waals surface area contributed by atoms with Crippen LogP contribution in [0.5, 0.6) is 0 Å². The molecular formula is C27H24FN3O2. The molecule has 0 spiro atoms. The zero-order valence-corrected chi connectivity index (χ0v) is 18.1. The number of aromatic amines is 1. The maximum Gasteiger partial charge on any atom is 0.259 e. The zero-order valence-electron chi connectivity index (χ0n) is 18.1. The molecular weight excluding hydrogens is 417 g/mol. The standard InChI is InChI=1S/C27H24FN3O2/c28-23-13-7-12-21-24(23)29-18-22(26(21)32)27(33)31-16-14-30(15-17-31)25(19-8-3-1-4-9-19)20-10-5-2-6-11-20/h1-13,18,25H,14-17H2,(H,29,32). The van der Waals surface area contributed by atoms with Crippen molar-refractivity contribution in [2.45, 2.75) is 6.04 Å². The number of benzene rings is 3. The molecule has 2 heterocycles. The first-order chi connectivity index (χ1) is 16.1. The number of hydrogen-bond donors (Lipinski definition) is 1. The highest BCUT2D eigenvalue weighted by atomic mass is 19.1. The number of aromatic nitrogens is 1. The molecule has 1 aromatic heterocycles. The van der Waals surface area contributed by atoms with E-state index >= 15 is 0 Å². The largest absolute Gasteiger partial charge is 0.358 e. The molecule has 1 aliphatic heterocycles. The molecule has 3 aromatic carbocycles. The summed E-state index contributed by atoms with van der Waals surface area (Å²) in [5.74, 6) is -0.830. The summed E-state index contributed by atoms with van der Waals surface area (Å²) < 4.78 is 14.0. The molecule has 0 unspecified atom stereocenters. The molecule has 0 radical (unpaired) electrons. The van der Waals surface area contributed by atoms with Crippen LogP contribution in [0.4, 0.5) is 4.39 Å². The summed E-state index contributed by atoms with van der Waals surface area (Å²) in [5.41, 5.74) is 2.14. The topological polar surface area (TPSA) is 56.4 Å². The van der Waals surface area contributed by atoms with Gasteiger partial charge in [-0.2, -0.15) is 0 Å². The molecule has 0 bridgehead atoms. The molecule has 6 heteroatoms. The van der Waals surface area contributed by atoms with Gasteiger partial charge in [0.05, 0.1) is 11.6 Å². The molecule has 5 rings (SSSR count). The first kappa shape index (κ1) is 21.1. The highest BCUT2D eigenvalue weighted by Crippen LogP contribution is 2.29. The summed E-state index contributed by atoms with van der Waals surface area (Å²) in [5, 5.41) is 0.188. The van der Waals surface area contributed by atoms with Crippen molar-refractivity contribution in [3.05, 3.63) is 118 Å². The minimum absolute atomic E-state index is 0.0456. The van der Waals surface area contributed by atoms with Gasteiger partial charge in [0.1, 0.15) is 11.4 Å². The van der Waals surface area contributed by atoms with Crippen molar-refractivity contribution < 1.29 is 9.18 Å². The summed E-state index contributed by atoms with van der Waals surface area (Å²) in [6.07, 6.45) is 1.33. The van der Waals surface area contributed by atoms with Gasteiger partial charge in [0.2, 0.25) is 5.43 Å². The van der Waals surface area contributed by atoms with Gasteiger partial charge in [-0.05, 0) is 23.3 Å². The van der Waals surface area contributed by atoms with Gasteiger partial charge in [-0.25, -0.2) is 4.39 Å². The van der Waals surface area contributed by atoms with Crippen molar-refractivity contribution in [3.63, 3.8) is 0 Å². The molecule has 0 atom stereocenters. The quantitative estimate of drug-likeness (QED) is 0.516. The molecule has 4 aromatic rings. The lowest BCUT2D eigenvalue weighted by Gasteiger charge is -2.39. The lowest BCUT2D eigenvalue weighted by atomic mass is 9.96. The fourth-order valence-corrected chi connectivity index (χ4v) is 4.61. The molecule has 33 heavy (non-hydrogen) atoms. The lowest BCUT2D eigenvalue weighted by molar-refractivity contribution is 0.0596. The Morgan fingerprint density at radius 3 is 2.03 bits per heavy atom. The lowest BCUT2D eigenvalue weighted by Crippen LogP contribution is -2.50. The molecule has 1 N–H and O–H groups in total. The van der Waals surface area contributed by atoms with Crippen molar-refractivity contribution in [2.24, 2.45) is 0 Å². The van der Waals surface area contributed by atoms with Gasteiger partial charge in [-0.3, -0.25) is 14.5 Å². The Morgan fingerprint density at radius 1 is 0.818 bits per heavy atom. The van der Waals surface area contributed by atoms with E-state index in [1.165, 1.54) is 35.5 Å². The fourth-order valence-electron chi connectivity index (χ4n) is 4.61. The van der Waals surface area contributed by atoms with Crippen molar-refractivity contribution in [1.29, 1.82) is 0 Å². The number of H-pyrrole nitrogens is 1. The van der Waals surface area contributed by atoms with Gasteiger partial charge in [0, 0.05) is 37.8 Å². The molecule has 5 nitrogen and oxygen atoms in total. The second-order valence-electron chi connectivity index (χ2n) is 8.25. The van der Waals surface area contributed by atoms with Crippen LogP contribution in [0.25, 0.3) is 10.9 Å². The molecule has 0 aliphatic carbocycles. The number of nitrogens with one attached hydrogen (secondary N) is 1. The monoisotopic (exact) mass is 441 g/mol. The normalized spacial score (nSPS) is 14.7. The van der Waals surface area contributed by atoms with Crippen LogP contribution in [0.3, 0.4) is 0 Å². The summed E-state index contributed by atoms with van der Waals surface area (Å²) in [6, 6.07) is 25.1. The number of piperazine rings is 1. The van der Waals surface area contributed by atoms with E-state index in [9.17, 15) is 14.0 Å². The number of carbonyl (C=O) groups excluding carboxylic acids is 1. The molecule has 1 aliphatic rings. The summed E-state index contributed by atoms with van der Waals surface area (Å²) in [4.78, 5) is 32.9. The van der Waals surface area contributed by atoms with Crippen LogP contribution >= 0.6 is 0 Å². The second kappa shape index (κ2) is 9.00. The van der Waals surface area contributed by atoms with Gasteiger partial charge < -0.3 is 9.88 Å². The number of para-hydroxylation sites is 1. The number of halogens is 1. The maximum absolute atomic E-state index is 14.0. The number of amides is 1. The van der Waals surface area contributed by atoms with E-state index < -0.39 is 11.2 Å². The van der Waals surface area contributed by atoms with Crippen LogP contribution in [0.1, 0.15) is 27.5 Å². The Morgan fingerprint density at radius 2 is 1.42 bits per heavy atom. The van der Waals surface area contributed by atoms with Gasteiger partial charge in [-0.1, -0.05) is 66.7 Å². The molecule has 166 valence electrons. The Bertz CT molecular complexity index is 1290. The predicted molar refractivity (Wildman–Crippen MR) is 127 cm³/mol. The van der Waals surface area contributed by atoms with Gasteiger partial charge in [-0.15, -0.1) is 0 Å². The number of pyridine rings is 1. The number of carbonyl (C=O) groups is 1. The van der Waals surface area contributed by atoms with Crippen LogP contribution < -0.4 is 5.43 Å². The molecule has 0 saturated carbocycles. The number of fused-ring (bicyclic) bond motifs is 1. The SMILES string of the molecule is O=C(c1c[nH]c2c(F)cccc2c1=O)N1CCN(C(c2ccccc2)c2ccccc2)CC1. The maximum atomic E-state index is 14.0. The van der Waals surface area contributed by atoms with Crippen LogP contribution in [0.15, 0.2) is 89.9 Å². The average Bonchev–Trinajstić information content (AvgIpc) is 2.86. The van der Waals surface area contributed by atoms with E-state index in [4.69, 9.17) is 0 Å². The van der Waals surface area contributed by atoms with Crippen LogP contribution in [-0.2, 0) is 0 Å². The van der Waals surface area contributed by atoms with E-state index in [1.54, 1.807) is 4.90 Å². The first-order valence-corrected chi connectivity index (χ1v) is 11.1. The summed E-state index contributed by atoms with van der Waals surface area (Å²) in [7, 11) is 0. The average molecular weight is 442 g/mol. The Hall–Kier alpha value is -3.77. The van der Waals surface area contributed by atoms with E-state index in [1.807, 2.05) is 36.4 Å². The van der Waals surface area contributed by atoms with Crippen LogP contribution in [0.2, 0.25) is 0 Å². The molecule has 1 saturated heterocycles. The van der Waals surface area contributed by atoms with Gasteiger partial charge in [0.25, 0.3) is 5.91 Å². The van der Waals surface area contributed by atoms with E-state index in [-0.39, 0.29) is 28.4 Å². The number of nitrogens with zero attached hydrogens (tertiary/aromatic N) is 2. The van der Waals surface area contributed by atoms with Gasteiger partial charge >= 0.3 is 0 Å².